The number of nitrogens with zero attached hydrogens (tertiary/aromatic N) is 1. The predicted molar refractivity (Wildman–Crippen MR) is 95.0 cm³/mol. The van der Waals surface area contributed by atoms with Gasteiger partial charge in [-0.25, -0.2) is 0 Å². The number of ether oxygens (including phenoxy) is 2. The van der Waals surface area contributed by atoms with Crippen molar-refractivity contribution in [2.75, 3.05) is 6.79 Å². The minimum Gasteiger partial charge on any atom is -0.454 e. The standard InChI is InChI=1S/C18H14ClNO4S/c19-13-4-1-11(2-5-13)9-20-17(21)16(25-18(20)22)8-12-3-6-14-15(7-12)24-10-23-14/h1-7,16H,8-10H2/t16-/m0/s1. The molecule has 2 aliphatic rings. The van der Waals surface area contributed by atoms with Gasteiger partial charge in [0.1, 0.15) is 0 Å². The monoisotopic (exact) mass is 375 g/mol. The van der Waals surface area contributed by atoms with Crippen LogP contribution in [0.15, 0.2) is 42.5 Å². The zero-order valence-corrected chi connectivity index (χ0v) is 14.7. The van der Waals surface area contributed by atoms with Crippen molar-refractivity contribution in [2.24, 2.45) is 0 Å². The zero-order chi connectivity index (χ0) is 17.4. The molecule has 0 aromatic heterocycles. The molecular formula is C18H14ClNO4S. The molecule has 2 amide bonds. The fourth-order valence-corrected chi connectivity index (χ4v) is 3.98. The van der Waals surface area contributed by atoms with Gasteiger partial charge in [-0.05, 0) is 41.8 Å². The van der Waals surface area contributed by atoms with Crippen molar-refractivity contribution in [1.82, 2.24) is 4.90 Å². The quantitative estimate of drug-likeness (QED) is 0.811. The smallest absolute Gasteiger partial charge is 0.289 e. The molecule has 2 aromatic carbocycles. The number of carbonyl (C=O) groups excluding carboxylic acids is 2. The largest absolute Gasteiger partial charge is 0.454 e. The van der Waals surface area contributed by atoms with Crippen molar-refractivity contribution in [1.29, 1.82) is 0 Å². The Morgan fingerprint density at radius 1 is 1.04 bits per heavy atom. The van der Waals surface area contributed by atoms with Crippen molar-refractivity contribution < 1.29 is 19.1 Å². The molecule has 0 saturated carbocycles. The molecule has 4 rings (SSSR count). The van der Waals surface area contributed by atoms with Crippen molar-refractivity contribution in [3.8, 4) is 11.5 Å². The lowest BCUT2D eigenvalue weighted by molar-refractivity contribution is -0.127. The topological polar surface area (TPSA) is 55.8 Å². The molecule has 1 saturated heterocycles. The third kappa shape index (κ3) is 3.32. The summed E-state index contributed by atoms with van der Waals surface area (Å²) in [5.74, 6) is 1.22. The Bertz CT molecular complexity index is 839. The molecule has 0 spiro atoms. The molecule has 0 radical (unpaired) electrons. The summed E-state index contributed by atoms with van der Waals surface area (Å²) in [6.07, 6.45) is 0.475. The summed E-state index contributed by atoms with van der Waals surface area (Å²) >= 11 is 6.94. The lowest BCUT2D eigenvalue weighted by Crippen LogP contribution is -2.31. The molecule has 0 bridgehead atoms. The van der Waals surface area contributed by atoms with Gasteiger partial charge in [-0.3, -0.25) is 14.5 Å². The van der Waals surface area contributed by atoms with Gasteiger partial charge in [0.25, 0.3) is 5.24 Å². The molecule has 0 aliphatic carbocycles. The SMILES string of the molecule is O=C1S[C@@H](Cc2ccc3c(c2)OCO3)C(=O)N1Cc1ccc(Cl)cc1. The van der Waals surface area contributed by atoms with Gasteiger partial charge in [0.15, 0.2) is 11.5 Å². The van der Waals surface area contributed by atoms with Crippen LogP contribution in [0.5, 0.6) is 11.5 Å². The highest BCUT2D eigenvalue weighted by molar-refractivity contribution is 8.15. The number of fused-ring (bicyclic) bond motifs is 1. The number of benzene rings is 2. The zero-order valence-electron chi connectivity index (χ0n) is 13.1. The highest BCUT2D eigenvalue weighted by Gasteiger charge is 2.39. The molecule has 5 nitrogen and oxygen atoms in total. The number of amides is 2. The van der Waals surface area contributed by atoms with E-state index in [4.69, 9.17) is 21.1 Å². The van der Waals surface area contributed by atoms with Crippen LogP contribution in [0, 0.1) is 0 Å². The Balaban J connectivity index is 1.46. The maximum Gasteiger partial charge on any atom is 0.289 e. The van der Waals surface area contributed by atoms with Gasteiger partial charge in [0, 0.05) is 5.02 Å². The van der Waals surface area contributed by atoms with E-state index >= 15 is 0 Å². The van der Waals surface area contributed by atoms with Crippen LogP contribution in [0.1, 0.15) is 11.1 Å². The Morgan fingerprint density at radius 3 is 2.56 bits per heavy atom. The minimum atomic E-state index is -0.417. The number of hydrogen-bond donors (Lipinski definition) is 0. The Kier molecular flexibility index (Phi) is 4.31. The van der Waals surface area contributed by atoms with E-state index in [0.29, 0.717) is 22.9 Å². The van der Waals surface area contributed by atoms with E-state index in [2.05, 4.69) is 0 Å². The van der Waals surface area contributed by atoms with Gasteiger partial charge >= 0.3 is 0 Å². The van der Waals surface area contributed by atoms with Gasteiger partial charge in [-0.15, -0.1) is 0 Å². The summed E-state index contributed by atoms with van der Waals surface area (Å²) in [7, 11) is 0. The molecule has 25 heavy (non-hydrogen) atoms. The van der Waals surface area contributed by atoms with Crippen LogP contribution in [-0.2, 0) is 17.8 Å². The molecule has 2 aromatic rings. The highest BCUT2D eigenvalue weighted by Crippen LogP contribution is 2.35. The van der Waals surface area contributed by atoms with Crippen LogP contribution in [0.4, 0.5) is 4.79 Å². The summed E-state index contributed by atoms with van der Waals surface area (Å²) in [6, 6.07) is 12.7. The third-order valence-corrected chi connectivity index (χ3v) is 5.44. The third-order valence-electron chi connectivity index (χ3n) is 4.12. The number of halogens is 1. The normalized spacial score (nSPS) is 18.9. The molecule has 0 unspecified atom stereocenters. The van der Waals surface area contributed by atoms with Crippen LogP contribution in [0.25, 0.3) is 0 Å². The maximum atomic E-state index is 12.6. The summed E-state index contributed by atoms with van der Waals surface area (Å²) in [6.45, 7) is 0.475. The maximum absolute atomic E-state index is 12.6. The Hall–Kier alpha value is -2.18. The number of rotatable bonds is 4. The van der Waals surface area contributed by atoms with Crippen LogP contribution in [-0.4, -0.2) is 28.1 Å². The number of hydrogen-bond acceptors (Lipinski definition) is 5. The summed E-state index contributed by atoms with van der Waals surface area (Å²) in [4.78, 5) is 26.2. The molecule has 2 aliphatic heterocycles. The van der Waals surface area contributed by atoms with Crippen LogP contribution in [0.3, 0.4) is 0 Å². The van der Waals surface area contributed by atoms with Crippen molar-refractivity contribution >= 4 is 34.5 Å². The fourth-order valence-electron chi connectivity index (χ4n) is 2.83. The van der Waals surface area contributed by atoms with Gasteiger partial charge in [0.2, 0.25) is 12.7 Å². The summed E-state index contributed by atoms with van der Waals surface area (Å²) in [5.41, 5.74) is 1.81. The lowest BCUT2D eigenvalue weighted by atomic mass is 10.1. The van der Waals surface area contributed by atoms with Crippen molar-refractivity contribution in [3.63, 3.8) is 0 Å². The van der Waals surface area contributed by atoms with E-state index in [9.17, 15) is 9.59 Å². The van der Waals surface area contributed by atoms with Gasteiger partial charge in [0.05, 0.1) is 11.8 Å². The van der Waals surface area contributed by atoms with Crippen LogP contribution in [0.2, 0.25) is 5.02 Å². The van der Waals surface area contributed by atoms with Gasteiger partial charge < -0.3 is 9.47 Å². The van der Waals surface area contributed by atoms with E-state index in [1.807, 2.05) is 30.3 Å². The van der Waals surface area contributed by atoms with E-state index < -0.39 is 5.25 Å². The number of carbonyl (C=O) groups is 2. The van der Waals surface area contributed by atoms with Gasteiger partial charge in [-0.2, -0.15) is 0 Å². The fraction of sp³-hybridized carbons (Fsp3) is 0.222. The molecule has 2 heterocycles. The Labute approximate surface area is 153 Å². The highest BCUT2D eigenvalue weighted by atomic mass is 35.5. The minimum absolute atomic E-state index is 0.164. The first-order valence-electron chi connectivity index (χ1n) is 7.75. The second kappa shape index (κ2) is 6.61. The number of thioether (sulfide) groups is 1. The molecule has 7 heteroatoms. The summed E-state index contributed by atoms with van der Waals surface area (Å²) < 4.78 is 10.6. The van der Waals surface area contributed by atoms with Crippen LogP contribution < -0.4 is 9.47 Å². The van der Waals surface area contributed by atoms with E-state index in [1.54, 1.807) is 12.1 Å². The van der Waals surface area contributed by atoms with Gasteiger partial charge in [-0.1, -0.05) is 41.6 Å². The van der Waals surface area contributed by atoms with E-state index in [-0.39, 0.29) is 24.5 Å². The van der Waals surface area contributed by atoms with Crippen molar-refractivity contribution in [3.05, 3.63) is 58.6 Å². The van der Waals surface area contributed by atoms with E-state index in [0.717, 1.165) is 22.9 Å². The first-order chi connectivity index (χ1) is 12.1. The van der Waals surface area contributed by atoms with Crippen molar-refractivity contribution in [2.45, 2.75) is 18.2 Å². The molecule has 1 atom stereocenters. The average Bonchev–Trinajstić information content (AvgIpc) is 3.16. The van der Waals surface area contributed by atoms with Crippen LogP contribution >= 0.6 is 23.4 Å². The number of imide groups is 1. The second-order valence-electron chi connectivity index (χ2n) is 5.81. The second-order valence-corrected chi connectivity index (χ2v) is 7.41. The molecule has 1 fully saturated rings. The Morgan fingerprint density at radius 2 is 1.76 bits per heavy atom. The van der Waals surface area contributed by atoms with E-state index in [1.165, 1.54) is 4.90 Å². The predicted octanol–water partition coefficient (Wildman–Crippen LogP) is 3.88. The molecular weight excluding hydrogens is 362 g/mol. The first kappa shape index (κ1) is 16.3. The average molecular weight is 376 g/mol. The molecule has 128 valence electrons. The lowest BCUT2D eigenvalue weighted by Gasteiger charge is -2.14. The summed E-state index contributed by atoms with van der Waals surface area (Å²) in [5, 5.41) is -0.0104. The molecule has 0 N–H and O–H groups in total. The first-order valence-corrected chi connectivity index (χ1v) is 9.01.